The largest absolute Gasteiger partial charge is 0.417 e. The molecule has 1 heterocycles. The Labute approximate surface area is 142 Å². The van der Waals surface area contributed by atoms with Crippen LogP contribution in [-0.2, 0) is 18.6 Å². The van der Waals surface area contributed by atoms with E-state index >= 15 is 0 Å². The van der Waals surface area contributed by atoms with Gasteiger partial charge in [-0.15, -0.1) is 0 Å². The number of methoxy groups -OCH3 is 1. The van der Waals surface area contributed by atoms with Gasteiger partial charge in [0.05, 0.1) is 18.8 Å². The zero-order valence-corrected chi connectivity index (χ0v) is 17.1. The van der Waals surface area contributed by atoms with E-state index in [9.17, 15) is 5.11 Å². The third kappa shape index (κ3) is 6.10. The van der Waals surface area contributed by atoms with Gasteiger partial charge in [-0.1, -0.05) is 20.8 Å². The van der Waals surface area contributed by atoms with Gasteiger partial charge in [0.25, 0.3) is 0 Å². The molecule has 1 N–H and O–H groups in total. The summed E-state index contributed by atoms with van der Waals surface area (Å²) in [6, 6.07) is 0. The minimum Gasteiger partial charge on any atom is -0.417 e. The Kier molecular flexibility index (Phi) is 7.26. The van der Waals surface area contributed by atoms with Crippen LogP contribution in [0.2, 0.25) is 18.1 Å². The summed E-state index contributed by atoms with van der Waals surface area (Å²) < 4.78 is 23.4. The smallest absolute Gasteiger partial charge is 0.191 e. The summed E-state index contributed by atoms with van der Waals surface area (Å²) in [4.78, 5) is 0. The van der Waals surface area contributed by atoms with Crippen molar-refractivity contribution in [1.82, 2.24) is 0 Å². The second-order valence-corrected chi connectivity index (χ2v) is 13.2. The summed E-state index contributed by atoms with van der Waals surface area (Å²) in [5, 5.41) is 9.67. The van der Waals surface area contributed by atoms with Crippen LogP contribution in [0.1, 0.15) is 47.5 Å². The van der Waals surface area contributed by atoms with Gasteiger partial charge >= 0.3 is 0 Å². The third-order valence-corrected chi connectivity index (χ3v) is 9.54. The van der Waals surface area contributed by atoms with Crippen molar-refractivity contribution >= 4 is 8.32 Å². The lowest BCUT2D eigenvalue weighted by atomic mass is 10.1. The molecule has 0 aromatic heterocycles. The predicted octanol–water partition coefficient (Wildman–Crippen LogP) is 3.32. The number of rotatable bonds is 8. The number of aliphatic hydroxyl groups is 1. The molecule has 1 saturated heterocycles. The minimum absolute atomic E-state index is 0.0367. The lowest BCUT2D eigenvalue weighted by molar-refractivity contribution is -0.151. The van der Waals surface area contributed by atoms with E-state index in [4.69, 9.17) is 18.6 Å². The molecule has 0 aromatic carbocycles. The van der Waals surface area contributed by atoms with Gasteiger partial charge < -0.3 is 23.7 Å². The molecule has 0 radical (unpaired) electrons. The van der Waals surface area contributed by atoms with Crippen LogP contribution in [-0.4, -0.2) is 57.8 Å². The van der Waals surface area contributed by atoms with Crippen molar-refractivity contribution in [1.29, 1.82) is 0 Å². The molecule has 5 nitrogen and oxygen atoms in total. The molecule has 23 heavy (non-hydrogen) atoms. The van der Waals surface area contributed by atoms with Gasteiger partial charge in [0.15, 0.2) is 14.1 Å². The van der Waals surface area contributed by atoms with E-state index in [0.717, 1.165) is 6.42 Å². The maximum absolute atomic E-state index is 9.46. The molecule has 1 fully saturated rings. The fourth-order valence-corrected chi connectivity index (χ4v) is 3.58. The molecule has 138 valence electrons. The molecule has 6 heteroatoms. The second kappa shape index (κ2) is 7.93. The quantitative estimate of drug-likeness (QED) is 0.682. The fourth-order valence-electron chi connectivity index (χ4n) is 2.52. The Balaban J connectivity index is 2.49. The van der Waals surface area contributed by atoms with Crippen LogP contribution in [0.4, 0.5) is 0 Å². The summed E-state index contributed by atoms with van der Waals surface area (Å²) in [5.74, 6) is -0.645. The Bertz CT molecular complexity index is 364. The van der Waals surface area contributed by atoms with Gasteiger partial charge in [-0.25, -0.2) is 0 Å². The van der Waals surface area contributed by atoms with E-state index in [-0.39, 0.29) is 30.0 Å². The molecule has 1 rings (SSSR count). The molecule has 0 unspecified atom stereocenters. The van der Waals surface area contributed by atoms with Gasteiger partial charge in [0.2, 0.25) is 0 Å². The number of hydrogen-bond donors (Lipinski definition) is 1. The van der Waals surface area contributed by atoms with Crippen molar-refractivity contribution in [3.63, 3.8) is 0 Å². The number of hydrogen-bond acceptors (Lipinski definition) is 5. The first-order valence-corrected chi connectivity index (χ1v) is 11.5. The van der Waals surface area contributed by atoms with Crippen LogP contribution < -0.4 is 0 Å². The summed E-state index contributed by atoms with van der Waals surface area (Å²) >= 11 is 0. The van der Waals surface area contributed by atoms with Gasteiger partial charge in [-0.2, -0.15) is 0 Å². The molecule has 1 aliphatic rings. The Morgan fingerprint density at radius 1 is 1.17 bits per heavy atom. The maximum atomic E-state index is 9.46. The monoisotopic (exact) mass is 348 g/mol. The van der Waals surface area contributed by atoms with E-state index in [0.29, 0.717) is 13.0 Å². The fraction of sp³-hybridized carbons (Fsp3) is 1.00. The average molecular weight is 349 g/mol. The SMILES string of the molecule is CO[C@@H](CCO[Si](C)(C)C(C)(C)C)C[C@H]1OC(C)(C)O[C@@H]1CO. The van der Waals surface area contributed by atoms with Crippen molar-refractivity contribution in [2.45, 2.75) is 89.7 Å². The van der Waals surface area contributed by atoms with E-state index in [1.807, 2.05) is 13.8 Å². The molecule has 1 aliphatic heterocycles. The molecule has 3 atom stereocenters. The van der Waals surface area contributed by atoms with Crippen molar-refractivity contribution < 1.29 is 23.7 Å². The van der Waals surface area contributed by atoms with E-state index < -0.39 is 14.1 Å². The average Bonchev–Trinajstić information content (AvgIpc) is 2.70. The van der Waals surface area contributed by atoms with Gasteiger partial charge in [0, 0.05) is 20.1 Å². The first-order chi connectivity index (χ1) is 10.4. The highest BCUT2D eigenvalue weighted by molar-refractivity contribution is 6.74. The van der Waals surface area contributed by atoms with Crippen LogP contribution in [0.5, 0.6) is 0 Å². The molecular formula is C17H36O5Si. The highest BCUT2D eigenvalue weighted by Gasteiger charge is 2.42. The van der Waals surface area contributed by atoms with Crippen molar-refractivity contribution in [2.24, 2.45) is 0 Å². The molecule has 0 aromatic rings. The lowest BCUT2D eigenvalue weighted by Crippen LogP contribution is -2.41. The number of aliphatic hydroxyl groups excluding tert-OH is 1. The highest BCUT2D eigenvalue weighted by atomic mass is 28.4. The van der Waals surface area contributed by atoms with E-state index in [1.165, 1.54) is 0 Å². The second-order valence-electron chi connectivity index (χ2n) is 8.39. The highest BCUT2D eigenvalue weighted by Crippen LogP contribution is 2.37. The first-order valence-electron chi connectivity index (χ1n) is 8.55. The van der Waals surface area contributed by atoms with Crippen molar-refractivity contribution in [2.75, 3.05) is 20.3 Å². The van der Waals surface area contributed by atoms with Gasteiger partial charge in [0.1, 0.15) is 6.10 Å². The summed E-state index contributed by atoms with van der Waals surface area (Å²) in [6.07, 6.45) is 1.13. The van der Waals surface area contributed by atoms with Crippen molar-refractivity contribution in [3.05, 3.63) is 0 Å². The van der Waals surface area contributed by atoms with E-state index in [2.05, 4.69) is 33.9 Å². The summed E-state index contributed by atoms with van der Waals surface area (Å²) in [5.41, 5.74) is 0. The lowest BCUT2D eigenvalue weighted by Gasteiger charge is -2.36. The van der Waals surface area contributed by atoms with Gasteiger partial charge in [-0.3, -0.25) is 0 Å². The Morgan fingerprint density at radius 2 is 1.74 bits per heavy atom. The third-order valence-electron chi connectivity index (χ3n) is 5.00. The summed E-state index contributed by atoms with van der Waals surface area (Å²) in [6.45, 7) is 15.6. The standard InChI is InChI=1S/C17H36O5Si/c1-16(2,3)23(7,8)20-10-9-13(19-6)11-14-15(12-18)22-17(4,5)21-14/h13-15,18H,9-12H2,1-8H3/t13-,14+,15+/m0/s1. The molecular weight excluding hydrogens is 312 g/mol. The first kappa shape index (κ1) is 21.1. The van der Waals surface area contributed by atoms with Crippen LogP contribution in [0, 0.1) is 0 Å². The molecule has 0 spiro atoms. The molecule has 0 bridgehead atoms. The van der Waals surface area contributed by atoms with Gasteiger partial charge in [-0.05, 0) is 38.4 Å². The molecule has 0 amide bonds. The van der Waals surface area contributed by atoms with E-state index in [1.54, 1.807) is 7.11 Å². The zero-order chi connectivity index (χ0) is 17.9. The summed E-state index contributed by atoms with van der Waals surface area (Å²) in [7, 11) is -0.00944. The maximum Gasteiger partial charge on any atom is 0.191 e. The van der Waals surface area contributed by atoms with Crippen molar-refractivity contribution in [3.8, 4) is 0 Å². The number of ether oxygens (including phenoxy) is 3. The van der Waals surface area contributed by atoms with Crippen LogP contribution >= 0.6 is 0 Å². The molecule has 0 saturated carbocycles. The van der Waals surface area contributed by atoms with Crippen LogP contribution in [0.3, 0.4) is 0 Å². The van der Waals surface area contributed by atoms with Crippen LogP contribution in [0.25, 0.3) is 0 Å². The Morgan fingerprint density at radius 3 is 2.22 bits per heavy atom. The predicted molar refractivity (Wildman–Crippen MR) is 94.1 cm³/mol. The van der Waals surface area contributed by atoms with Crippen LogP contribution in [0.15, 0.2) is 0 Å². The topological polar surface area (TPSA) is 57.2 Å². The minimum atomic E-state index is -1.72. The normalized spacial score (nSPS) is 26.5. The Hall–Kier alpha value is 0.0169. The zero-order valence-electron chi connectivity index (χ0n) is 16.1. The molecule has 0 aliphatic carbocycles.